The summed E-state index contributed by atoms with van der Waals surface area (Å²) >= 11 is 12.2. The van der Waals surface area contributed by atoms with Gasteiger partial charge in [0.1, 0.15) is 10.6 Å². The van der Waals surface area contributed by atoms with Gasteiger partial charge in [-0.2, -0.15) is 4.31 Å². The van der Waals surface area contributed by atoms with E-state index in [-0.39, 0.29) is 45.6 Å². The zero-order valence-corrected chi connectivity index (χ0v) is 22.3. The number of rotatable bonds is 8. The Kier molecular flexibility index (Phi) is 8.16. The van der Waals surface area contributed by atoms with Crippen LogP contribution in [0.25, 0.3) is 0 Å². The van der Waals surface area contributed by atoms with Gasteiger partial charge in [-0.05, 0) is 43.2 Å². The van der Waals surface area contributed by atoms with E-state index < -0.39 is 20.0 Å². The minimum atomic E-state index is -3.84. The molecule has 2 fully saturated rings. The van der Waals surface area contributed by atoms with Crippen LogP contribution in [-0.4, -0.2) is 73.7 Å². The molecular weight excluding hydrogens is 537 g/mol. The van der Waals surface area contributed by atoms with E-state index in [0.717, 1.165) is 12.8 Å². The molecular formula is C22H27Cl2N3O6S2. The molecule has 2 saturated heterocycles. The van der Waals surface area contributed by atoms with Crippen molar-refractivity contribution in [3.05, 3.63) is 46.4 Å². The number of nitrogens with zero attached hydrogens (tertiary/aromatic N) is 2. The van der Waals surface area contributed by atoms with Crippen molar-refractivity contribution in [1.29, 1.82) is 0 Å². The molecule has 0 unspecified atom stereocenters. The Morgan fingerprint density at radius 3 is 2.49 bits per heavy atom. The number of hydrogen-bond donors (Lipinski definition) is 1. The first-order valence-corrected chi connectivity index (χ1v) is 14.8. The summed E-state index contributed by atoms with van der Waals surface area (Å²) in [6.45, 7) is 1.89. The van der Waals surface area contributed by atoms with E-state index in [0.29, 0.717) is 31.1 Å². The number of hydrogen-bond acceptors (Lipinski definition) is 7. The fraction of sp³-hybridized carbons (Fsp3) is 0.455. The molecule has 0 aliphatic carbocycles. The fourth-order valence-corrected chi connectivity index (χ4v) is 7.41. The summed E-state index contributed by atoms with van der Waals surface area (Å²) in [5.74, 6) is 0.497. The number of halogens is 2. The van der Waals surface area contributed by atoms with Gasteiger partial charge in [-0.25, -0.2) is 21.6 Å². The molecule has 35 heavy (non-hydrogen) atoms. The molecule has 2 heterocycles. The molecule has 0 radical (unpaired) electrons. The molecule has 0 spiro atoms. The van der Waals surface area contributed by atoms with E-state index in [1.165, 1.54) is 29.6 Å². The molecule has 2 aromatic carbocycles. The predicted molar refractivity (Wildman–Crippen MR) is 135 cm³/mol. The summed E-state index contributed by atoms with van der Waals surface area (Å²) < 4.78 is 67.0. The number of anilines is 1. The van der Waals surface area contributed by atoms with Crippen molar-refractivity contribution >= 4 is 48.9 Å². The molecule has 2 aliphatic heterocycles. The first-order valence-electron chi connectivity index (χ1n) is 11.1. The maximum atomic E-state index is 13.1. The van der Waals surface area contributed by atoms with Crippen LogP contribution in [0.1, 0.15) is 12.8 Å². The average Bonchev–Trinajstić information content (AvgIpc) is 3.38. The van der Waals surface area contributed by atoms with E-state index in [2.05, 4.69) is 4.72 Å². The van der Waals surface area contributed by atoms with Gasteiger partial charge in [0, 0.05) is 39.3 Å². The van der Waals surface area contributed by atoms with Crippen LogP contribution in [0.5, 0.6) is 5.75 Å². The Bertz CT molecular complexity index is 1280. The first kappa shape index (κ1) is 26.5. The molecule has 192 valence electrons. The van der Waals surface area contributed by atoms with Gasteiger partial charge in [0.15, 0.2) is 0 Å². The van der Waals surface area contributed by atoms with E-state index in [1.54, 1.807) is 18.2 Å². The fourth-order valence-electron chi connectivity index (χ4n) is 4.17. The number of nitrogens with one attached hydrogen (secondary N) is 1. The minimum absolute atomic E-state index is 0.00771. The third-order valence-corrected chi connectivity index (χ3v) is 10.4. The average molecular weight is 565 g/mol. The lowest BCUT2D eigenvalue weighted by atomic mass is 10.2. The lowest BCUT2D eigenvalue weighted by molar-refractivity contribution is 0.114. The van der Waals surface area contributed by atoms with E-state index >= 15 is 0 Å². The van der Waals surface area contributed by atoms with Crippen LogP contribution < -0.4 is 14.4 Å². The van der Waals surface area contributed by atoms with Crippen molar-refractivity contribution in [3.8, 4) is 5.75 Å². The van der Waals surface area contributed by atoms with Crippen LogP contribution >= 0.6 is 23.2 Å². The Balaban J connectivity index is 1.50. The van der Waals surface area contributed by atoms with Crippen LogP contribution in [0.3, 0.4) is 0 Å². The zero-order chi connectivity index (χ0) is 25.2. The van der Waals surface area contributed by atoms with Gasteiger partial charge in [-0.3, -0.25) is 0 Å². The molecule has 1 N–H and O–H groups in total. The Labute approximate surface area is 216 Å². The van der Waals surface area contributed by atoms with Gasteiger partial charge in [-0.1, -0.05) is 29.3 Å². The third kappa shape index (κ3) is 5.71. The van der Waals surface area contributed by atoms with Crippen LogP contribution in [0.2, 0.25) is 10.0 Å². The van der Waals surface area contributed by atoms with Gasteiger partial charge in [0.25, 0.3) is 0 Å². The highest BCUT2D eigenvalue weighted by atomic mass is 35.5. The van der Waals surface area contributed by atoms with Crippen molar-refractivity contribution in [1.82, 2.24) is 9.03 Å². The second-order valence-electron chi connectivity index (χ2n) is 8.26. The molecule has 1 atom stereocenters. The van der Waals surface area contributed by atoms with Crippen LogP contribution in [0.4, 0.5) is 5.69 Å². The number of piperazine rings is 1. The number of methoxy groups -OCH3 is 1. The summed E-state index contributed by atoms with van der Waals surface area (Å²) in [6.07, 6.45) is 1.62. The largest absolute Gasteiger partial charge is 0.495 e. The molecule has 0 amide bonds. The molecule has 9 nitrogen and oxygen atoms in total. The Hall–Kier alpha value is -1.60. The van der Waals surface area contributed by atoms with Gasteiger partial charge in [0.05, 0.1) is 33.8 Å². The summed E-state index contributed by atoms with van der Waals surface area (Å²) in [6, 6.07) is 9.14. The lowest BCUT2D eigenvalue weighted by Crippen LogP contribution is -2.48. The molecule has 0 saturated carbocycles. The second kappa shape index (κ2) is 10.8. The molecule has 0 bridgehead atoms. The predicted octanol–water partition coefficient (Wildman–Crippen LogP) is 2.97. The van der Waals surface area contributed by atoms with Crippen LogP contribution in [-0.2, 0) is 24.8 Å². The topological polar surface area (TPSA) is 105 Å². The number of sulfonamides is 2. The SMILES string of the molecule is COc1ccc(S(=O)(=O)NC[C@H]2CCCO2)cc1N1CCN(S(=O)(=O)c2cccc(Cl)c2Cl)CC1. The maximum absolute atomic E-state index is 13.1. The second-order valence-corrected chi connectivity index (χ2v) is 12.7. The monoisotopic (exact) mass is 563 g/mol. The van der Waals surface area contributed by atoms with E-state index in [9.17, 15) is 16.8 Å². The third-order valence-electron chi connectivity index (χ3n) is 6.10. The summed E-state index contributed by atoms with van der Waals surface area (Å²) in [4.78, 5) is 1.97. The van der Waals surface area contributed by atoms with Gasteiger partial charge < -0.3 is 14.4 Å². The molecule has 2 aliphatic rings. The maximum Gasteiger partial charge on any atom is 0.244 e. The summed E-state index contributed by atoms with van der Waals surface area (Å²) in [5, 5.41) is 0.161. The highest BCUT2D eigenvalue weighted by Crippen LogP contribution is 2.34. The lowest BCUT2D eigenvalue weighted by Gasteiger charge is -2.36. The first-order chi connectivity index (χ1) is 16.6. The summed E-state index contributed by atoms with van der Waals surface area (Å²) in [7, 11) is -6.10. The molecule has 2 aromatic rings. The standard InChI is InChI=1S/C22H27Cl2N3O6S2/c1-32-20-8-7-17(34(28,29)25-15-16-4-3-13-33-16)14-19(20)26-9-11-27(12-10-26)35(30,31)21-6-2-5-18(23)22(21)24/h2,5-8,14,16,25H,3-4,9-13,15H2,1H3/t16-/m1/s1. The van der Waals surface area contributed by atoms with E-state index in [4.69, 9.17) is 32.7 Å². The van der Waals surface area contributed by atoms with Gasteiger partial charge in [0.2, 0.25) is 20.0 Å². The minimum Gasteiger partial charge on any atom is -0.495 e. The highest BCUT2D eigenvalue weighted by molar-refractivity contribution is 7.89. The highest BCUT2D eigenvalue weighted by Gasteiger charge is 2.32. The van der Waals surface area contributed by atoms with Crippen molar-refractivity contribution in [3.63, 3.8) is 0 Å². The van der Waals surface area contributed by atoms with Crippen LogP contribution in [0, 0.1) is 0 Å². The van der Waals surface area contributed by atoms with Crippen molar-refractivity contribution in [2.24, 2.45) is 0 Å². The van der Waals surface area contributed by atoms with E-state index in [1.807, 2.05) is 4.90 Å². The number of benzene rings is 2. The molecule has 13 heteroatoms. The number of ether oxygens (including phenoxy) is 2. The quantitative estimate of drug-likeness (QED) is 0.526. The van der Waals surface area contributed by atoms with Gasteiger partial charge >= 0.3 is 0 Å². The Morgan fingerprint density at radius 1 is 1.09 bits per heavy atom. The Morgan fingerprint density at radius 2 is 1.83 bits per heavy atom. The zero-order valence-electron chi connectivity index (χ0n) is 19.1. The molecule has 4 rings (SSSR count). The van der Waals surface area contributed by atoms with Gasteiger partial charge in [-0.15, -0.1) is 0 Å². The normalized spacial score (nSPS) is 19.7. The van der Waals surface area contributed by atoms with Crippen molar-refractivity contribution < 1.29 is 26.3 Å². The van der Waals surface area contributed by atoms with Crippen molar-refractivity contribution in [2.45, 2.75) is 28.7 Å². The smallest absolute Gasteiger partial charge is 0.244 e. The van der Waals surface area contributed by atoms with Crippen molar-refractivity contribution in [2.75, 3.05) is 51.3 Å². The molecule has 0 aromatic heterocycles. The summed E-state index contributed by atoms with van der Waals surface area (Å²) in [5.41, 5.74) is 0.574. The van der Waals surface area contributed by atoms with Crippen LogP contribution in [0.15, 0.2) is 46.2 Å².